The Morgan fingerprint density at radius 1 is 0.444 bits per heavy atom. The van der Waals surface area contributed by atoms with Crippen LogP contribution in [0.3, 0.4) is 0 Å². The number of nitrogens with one attached hydrogen (secondary N) is 1. The SMILES string of the molecule is CC/C=C\C/C=C\C/C=C\C/C=C\C/C=C\C/C=C\C/C=C\C/C=C\C/C=C\CCCCCC(=O)NC(COP(=O)([O-])OCC[N+](C)(C)C)C(O)/C=C/CC/C=C/CCCCCCCCCCCCCCCCCCCCCCCC. The molecule has 0 aromatic heterocycles. The molecule has 0 aromatic carbocycles. The molecular weight excluding hydrogens is 1020 g/mol. The van der Waals surface area contributed by atoms with Crippen LogP contribution in [0.1, 0.15) is 264 Å². The summed E-state index contributed by atoms with van der Waals surface area (Å²) in [6, 6.07) is -0.934. The lowest BCUT2D eigenvalue weighted by molar-refractivity contribution is -0.870. The Bertz CT molecular complexity index is 1780. The van der Waals surface area contributed by atoms with Crippen LogP contribution in [0.15, 0.2) is 134 Å². The Balaban J connectivity index is 4.29. The van der Waals surface area contributed by atoms with Gasteiger partial charge in [-0.2, -0.15) is 0 Å². The molecule has 3 atom stereocenters. The van der Waals surface area contributed by atoms with Crippen molar-refractivity contribution in [1.82, 2.24) is 5.32 Å². The smallest absolute Gasteiger partial charge is 0.268 e. The quantitative estimate of drug-likeness (QED) is 0.0272. The summed E-state index contributed by atoms with van der Waals surface area (Å²) in [5, 5.41) is 13.9. The molecule has 1 amide bonds. The van der Waals surface area contributed by atoms with E-state index in [1.165, 1.54) is 141 Å². The molecule has 0 rings (SSSR count). The van der Waals surface area contributed by atoms with Gasteiger partial charge in [0.2, 0.25) is 5.91 Å². The molecule has 8 nitrogen and oxygen atoms in total. The van der Waals surface area contributed by atoms with E-state index in [2.05, 4.69) is 141 Å². The first kappa shape index (κ1) is 77.6. The van der Waals surface area contributed by atoms with E-state index in [4.69, 9.17) is 9.05 Å². The van der Waals surface area contributed by atoms with E-state index in [9.17, 15) is 19.4 Å². The van der Waals surface area contributed by atoms with Crippen molar-refractivity contribution in [1.29, 1.82) is 0 Å². The summed E-state index contributed by atoms with van der Waals surface area (Å²) < 4.78 is 23.4. The molecule has 3 unspecified atom stereocenters. The van der Waals surface area contributed by atoms with Gasteiger partial charge in [-0.3, -0.25) is 9.36 Å². The number of carbonyl (C=O) groups is 1. The van der Waals surface area contributed by atoms with E-state index in [0.717, 1.165) is 96.3 Å². The highest BCUT2D eigenvalue weighted by Gasteiger charge is 2.23. The van der Waals surface area contributed by atoms with Gasteiger partial charge < -0.3 is 28.8 Å². The average Bonchev–Trinajstić information content (AvgIpc) is 3.43. The highest BCUT2D eigenvalue weighted by atomic mass is 31.2. The van der Waals surface area contributed by atoms with E-state index < -0.39 is 26.6 Å². The maximum absolute atomic E-state index is 13.0. The molecule has 0 fully saturated rings. The van der Waals surface area contributed by atoms with Crippen molar-refractivity contribution < 1.29 is 32.9 Å². The number of likely N-dealkylation sites (N-methyl/N-ethyl adjacent to an activating group) is 1. The van der Waals surface area contributed by atoms with E-state index in [0.29, 0.717) is 17.4 Å². The number of hydrogen-bond donors (Lipinski definition) is 2. The lowest BCUT2D eigenvalue weighted by Crippen LogP contribution is -2.45. The minimum atomic E-state index is -4.63. The molecule has 0 saturated carbocycles. The fourth-order valence-electron chi connectivity index (χ4n) is 8.99. The Morgan fingerprint density at radius 3 is 1.15 bits per heavy atom. The third-order valence-corrected chi connectivity index (χ3v) is 15.1. The zero-order valence-electron chi connectivity index (χ0n) is 52.9. The predicted molar refractivity (Wildman–Crippen MR) is 352 cm³/mol. The van der Waals surface area contributed by atoms with E-state index in [1.54, 1.807) is 6.08 Å². The number of amides is 1. The molecule has 81 heavy (non-hydrogen) atoms. The highest BCUT2D eigenvalue weighted by molar-refractivity contribution is 7.45. The van der Waals surface area contributed by atoms with Crippen molar-refractivity contribution >= 4 is 13.7 Å². The molecule has 0 aromatic rings. The minimum absolute atomic E-state index is 0.0206. The zero-order chi connectivity index (χ0) is 59.1. The molecule has 0 bridgehead atoms. The van der Waals surface area contributed by atoms with Gasteiger partial charge in [-0.15, -0.1) is 0 Å². The first-order valence-corrected chi connectivity index (χ1v) is 34.5. The Hall–Kier alpha value is -3.36. The summed E-state index contributed by atoms with van der Waals surface area (Å²) >= 11 is 0. The summed E-state index contributed by atoms with van der Waals surface area (Å²) in [5.41, 5.74) is 0. The van der Waals surface area contributed by atoms with Gasteiger partial charge >= 0.3 is 0 Å². The zero-order valence-corrected chi connectivity index (χ0v) is 53.8. The summed E-state index contributed by atoms with van der Waals surface area (Å²) in [4.78, 5) is 25.6. The van der Waals surface area contributed by atoms with Crippen LogP contribution in [-0.4, -0.2) is 68.5 Å². The number of allylic oxidation sites excluding steroid dienone is 21. The molecule has 0 radical (unpaired) electrons. The summed E-state index contributed by atoms with van der Waals surface area (Å²) in [6.45, 7) is 4.50. The van der Waals surface area contributed by atoms with Gasteiger partial charge in [-0.25, -0.2) is 0 Å². The Kier molecular flexibility index (Phi) is 58.7. The van der Waals surface area contributed by atoms with Crippen LogP contribution < -0.4 is 10.2 Å². The average molecular weight is 1150 g/mol. The van der Waals surface area contributed by atoms with Crippen molar-refractivity contribution in [2.75, 3.05) is 40.9 Å². The van der Waals surface area contributed by atoms with Gasteiger partial charge in [0.1, 0.15) is 13.2 Å². The van der Waals surface area contributed by atoms with Crippen LogP contribution in [-0.2, 0) is 18.4 Å². The standard InChI is InChI=1S/C72H125N2O6P/c1-6-8-10-12-14-16-18-20-22-24-26-28-30-32-34-36-37-38-40-42-44-46-48-50-52-54-56-58-60-62-64-66-72(76)73-70(69-80-81(77,78)79-68-67-74(3,4)5)71(75)65-63-61-59-57-55-53-51-49-47-45-43-41-39-35-33-31-29-27-25-23-21-19-17-15-13-11-9-7-2/h8,10,14,16,20,22,26,28,32,34,37-38,42,44,48,50,54-57,63,65,70-71,75H,6-7,9,11-13,15,17-19,21,23-25,27,29-31,33,35-36,39-41,43,45-47,49,51-53,58-62,64,66-69H2,1-5H3,(H-,73,76,77,78)/b10-8-,16-14-,22-20-,28-26-,34-32-,38-37-,44-42-,50-48-,56-54-,57-55+,65-63+. The normalized spacial score (nSPS) is 14.6. The number of aliphatic hydroxyl groups excluding tert-OH is 1. The third kappa shape index (κ3) is 64.1. The summed E-state index contributed by atoms with van der Waals surface area (Å²) in [6.07, 6.45) is 92.8. The molecular formula is C72H125N2O6P. The van der Waals surface area contributed by atoms with Crippen LogP contribution >= 0.6 is 7.82 Å². The van der Waals surface area contributed by atoms with Gasteiger partial charge in [0.15, 0.2) is 0 Å². The number of rotatable bonds is 59. The first-order chi connectivity index (χ1) is 39.5. The van der Waals surface area contributed by atoms with Crippen LogP contribution in [0, 0.1) is 0 Å². The van der Waals surface area contributed by atoms with E-state index >= 15 is 0 Å². The molecule has 9 heteroatoms. The van der Waals surface area contributed by atoms with Crippen molar-refractivity contribution in [3.8, 4) is 0 Å². The molecule has 0 heterocycles. The van der Waals surface area contributed by atoms with E-state index in [1.807, 2.05) is 27.2 Å². The fourth-order valence-corrected chi connectivity index (χ4v) is 9.71. The lowest BCUT2D eigenvalue weighted by Gasteiger charge is -2.29. The second-order valence-corrected chi connectivity index (χ2v) is 24.5. The molecule has 0 spiro atoms. The molecule has 2 N–H and O–H groups in total. The van der Waals surface area contributed by atoms with Gasteiger partial charge in [0, 0.05) is 6.42 Å². The Labute approximate surface area is 500 Å². The summed E-state index contributed by atoms with van der Waals surface area (Å²) in [7, 11) is 1.20. The molecule has 464 valence electrons. The van der Waals surface area contributed by atoms with E-state index in [-0.39, 0.29) is 18.9 Å². The number of phosphoric acid groups is 1. The number of hydrogen-bond acceptors (Lipinski definition) is 6. The number of carbonyl (C=O) groups excluding carboxylic acids is 1. The van der Waals surface area contributed by atoms with Crippen LogP contribution in [0.4, 0.5) is 0 Å². The number of aliphatic hydroxyl groups is 1. The number of phosphoric ester groups is 1. The molecule has 0 aliphatic carbocycles. The first-order valence-electron chi connectivity index (χ1n) is 33.0. The number of nitrogens with zero attached hydrogens (tertiary/aromatic N) is 1. The molecule has 0 aliphatic heterocycles. The second-order valence-electron chi connectivity index (χ2n) is 23.1. The summed E-state index contributed by atoms with van der Waals surface area (Å²) in [5.74, 6) is -0.242. The largest absolute Gasteiger partial charge is 0.756 e. The van der Waals surface area contributed by atoms with Crippen LogP contribution in [0.5, 0.6) is 0 Å². The van der Waals surface area contributed by atoms with Gasteiger partial charge in [0.05, 0.1) is 39.9 Å². The second kappa shape index (κ2) is 61.2. The predicted octanol–water partition coefficient (Wildman–Crippen LogP) is 20.4. The number of unbranched alkanes of at least 4 members (excludes halogenated alkanes) is 26. The topological polar surface area (TPSA) is 108 Å². The van der Waals surface area contributed by atoms with Gasteiger partial charge in [0.25, 0.3) is 7.82 Å². The minimum Gasteiger partial charge on any atom is -0.756 e. The number of quaternary nitrogens is 1. The van der Waals surface area contributed by atoms with Gasteiger partial charge in [-0.05, 0) is 103 Å². The molecule has 0 aliphatic rings. The molecule has 0 saturated heterocycles. The van der Waals surface area contributed by atoms with Crippen molar-refractivity contribution in [3.63, 3.8) is 0 Å². The van der Waals surface area contributed by atoms with Crippen molar-refractivity contribution in [2.24, 2.45) is 0 Å². The van der Waals surface area contributed by atoms with Crippen molar-refractivity contribution in [2.45, 2.75) is 276 Å². The fraction of sp³-hybridized carbons (Fsp3) is 0.681. The Morgan fingerprint density at radius 2 is 0.765 bits per heavy atom. The lowest BCUT2D eigenvalue weighted by atomic mass is 10.0. The van der Waals surface area contributed by atoms with Gasteiger partial charge in [-0.1, -0.05) is 289 Å². The van der Waals surface area contributed by atoms with Crippen LogP contribution in [0.2, 0.25) is 0 Å². The highest BCUT2D eigenvalue weighted by Crippen LogP contribution is 2.38. The monoisotopic (exact) mass is 1140 g/mol. The maximum Gasteiger partial charge on any atom is 0.268 e. The van der Waals surface area contributed by atoms with Crippen LogP contribution in [0.25, 0.3) is 0 Å². The van der Waals surface area contributed by atoms with Crippen molar-refractivity contribution in [3.05, 3.63) is 134 Å². The maximum atomic E-state index is 13.0. The third-order valence-electron chi connectivity index (χ3n) is 14.1.